The van der Waals surface area contributed by atoms with Crippen molar-refractivity contribution in [2.24, 2.45) is 0 Å². The smallest absolute Gasteiger partial charge is 0.120 e. The van der Waals surface area contributed by atoms with Gasteiger partial charge in [-0.05, 0) is 42.8 Å². The Morgan fingerprint density at radius 2 is 1.84 bits per heavy atom. The summed E-state index contributed by atoms with van der Waals surface area (Å²) in [6.45, 7) is 2.59. The number of halogens is 2. The second-order valence-electron chi connectivity index (χ2n) is 4.43. The van der Waals surface area contributed by atoms with Gasteiger partial charge in [0.15, 0.2) is 0 Å². The number of hydrogen-bond donors (Lipinski definition) is 2. The van der Waals surface area contributed by atoms with E-state index in [0.717, 1.165) is 16.1 Å². The number of hydrogen-bond acceptors (Lipinski definition) is 2. The first-order valence-electron chi connectivity index (χ1n) is 6.02. The molecule has 0 radical (unpaired) electrons. The Morgan fingerprint density at radius 1 is 1.11 bits per heavy atom. The second kappa shape index (κ2) is 6.29. The lowest BCUT2D eigenvalue weighted by Gasteiger charge is -2.15. The lowest BCUT2D eigenvalue weighted by molar-refractivity contribution is 0.460. The standard InChI is InChI=1S/C15H15Cl2NO/c1-10(11-3-2-4-13(16)7-11)18-9-12-8-14(17)5-6-15(12)19/h2-8,10,18-19H,9H2,1H3. The Hall–Kier alpha value is -1.22. The van der Waals surface area contributed by atoms with Gasteiger partial charge in [-0.2, -0.15) is 0 Å². The third kappa shape index (κ3) is 3.87. The van der Waals surface area contributed by atoms with Crippen LogP contribution in [0.2, 0.25) is 10.0 Å². The fourth-order valence-corrected chi connectivity index (χ4v) is 2.25. The van der Waals surface area contributed by atoms with Crippen molar-refractivity contribution >= 4 is 23.2 Å². The summed E-state index contributed by atoms with van der Waals surface area (Å²) >= 11 is 11.9. The Morgan fingerprint density at radius 3 is 2.58 bits per heavy atom. The van der Waals surface area contributed by atoms with E-state index in [1.54, 1.807) is 18.2 Å². The molecule has 0 saturated heterocycles. The number of phenols is 1. The fourth-order valence-electron chi connectivity index (χ4n) is 1.85. The van der Waals surface area contributed by atoms with Gasteiger partial charge in [0.1, 0.15) is 5.75 Å². The monoisotopic (exact) mass is 295 g/mol. The number of nitrogens with one attached hydrogen (secondary N) is 1. The molecule has 19 heavy (non-hydrogen) atoms. The fraction of sp³-hybridized carbons (Fsp3) is 0.200. The molecule has 0 heterocycles. The van der Waals surface area contributed by atoms with E-state index in [1.165, 1.54) is 0 Å². The average Bonchev–Trinajstić information content (AvgIpc) is 2.39. The average molecular weight is 296 g/mol. The van der Waals surface area contributed by atoms with Crippen LogP contribution in [0.5, 0.6) is 5.75 Å². The minimum atomic E-state index is 0.136. The van der Waals surface area contributed by atoms with E-state index < -0.39 is 0 Å². The summed E-state index contributed by atoms with van der Waals surface area (Å²) in [6.07, 6.45) is 0. The molecule has 1 atom stereocenters. The molecule has 0 aliphatic rings. The summed E-state index contributed by atoms with van der Waals surface area (Å²) < 4.78 is 0. The van der Waals surface area contributed by atoms with E-state index in [0.29, 0.717) is 11.6 Å². The molecular formula is C15H15Cl2NO. The highest BCUT2D eigenvalue weighted by molar-refractivity contribution is 6.30. The van der Waals surface area contributed by atoms with Crippen LogP contribution in [0.3, 0.4) is 0 Å². The van der Waals surface area contributed by atoms with Gasteiger partial charge in [0.05, 0.1) is 0 Å². The molecule has 0 aliphatic heterocycles. The predicted molar refractivity (Wildman–Crippen MR) is 79.8 cm³/mol. The summed E-state index contributed by atoms with van der Waals surface area (Å²) in [6, 6.07) is 12.9. The van der Waals surface area contributed by atoms with Crippen LogP contribution in [0.25, 0.3) is 0 Å². The van der Waals surface area contributed by atoms with Crippen molar-refractivity contribution in [3.8, 4) is 5.75 Å². The lowest BCUT2D eigenvalue weighted by Crippen LogP contribution is -2.18. The van der Waals surface area contributed by atoms with Crippen molar-refractivity contribution in [2.75, 3.05) is 0 Å². The van der Waals surface area contributed by atoms with Gasteiger partial charge < -0.3 is 10.4 Å². The summed E-state index contributed by atoms with van der Waals surface area (Å²) in [7, 11) is 0. The SMILES string of the molecule is CC(NCc1cc(Cl)ccc1O)c1cccc(Cl)c1. The number of benzene rings is 2. The molecule has 0 aromatic heterocycles. The van der Waals surface area contributed by atoms with Crippen molar-refractivity contribution in [3.63, 3.8) is 0 Å². The summed E-state index contributed by atoms with van der Waals surface area (Å²) in [4.78, 5) is 0. The first-order chi connectivity index (χ1) is 9.06. The van der Waals surface area contributed by atoms with Crippen molar-refractivity contribution in [1.82, 2.24) is 5.32 Å². The van der Waals surface area contributed by atoms with Crippen LogP contribution in [0.1, 0.15) is 24.1 Å². The van der Waals surface area contributed by atoms with E-state index in [4.69, 9.17) is 23.2 Å². The van der Waals surface area contributed by atoms with Gasteiger partial charge in [-0.25, -0.2) is 0 Å². The van der Waals surface area contributed by atoms with Crippen molar-refractivity contribution in [3.05, 3.63) is 63.6 Å². The van der Waals surface area contributed by atoms with E-state index in [9.17, 15) is 5.11 Å². The maximum absolute atomic E-state index is 9.74. The van der Waals surface area contributed by atoms with Crippen molar-refractivity contribution in [2.45, 2.75) is 19.5 Å². The van der Waals surface area contributed by atoms with Crippen LogP contribution in [0, 0.1) is 0 Å². The Balaban J connectivity index is 2.04. The van der Waals surface area contributed by atoms with Gasteiger partial charge in [-0.15, -0.1) is 0 Å². The van der Waals surface area contributed by atoms with Crippen LogP contribution >= 0.6 is 23.2 Å². The van der Waals surface area contributed by atoms with E-state index in [-0.39, 0.29) is 11.8 Å². The van der Waals surface area contributed by atoms with Gasteiger partial charge in [-0.1, -0.05) is 35.3 Å². The van der Waals surface area contributed by atoms with Crippen LogP contribution in [-0.2, 0) is 6.54 Å². The Kier molecular flexibility index (Phi) is 4.70. The molecule has 0 spiro atoms. The molecule has 2 aromatic rings. The summed E-state index contributed by atoms with van der Waals surface area (Å²) in [5.41, 5.74) is 1.88. The normalized spacial score (nSPS) is 12.4. The van der Waals surface area contributed by atoms with Crippen LogP contribution in [-0.4, -0.2) is 5.11 Å². The zero-order valence-electron chi connectivity index (χ0n) is 10.5. The molecule has 1 unspecified atom stereocenters. The molecule has 2 rings (SSSR count). The number of phenolic OH excluding ortho intramolecular Hbond substituents is 1. The molecule has 100 valence electrons. The van der Waals surface area contributed by atoms with Crippen LogP contribution in [0.15, 0.2) is 42.5 Å². The van der Waals surface area contributed by atoms with Crippen molar-refractivity contribution in [1.29, 1.82) is 0 Å². The first-order valence-corrected chi connectivity index (χ1v) is 6.78. The molecule has 0 amide bonds. The molecule has 2 N–H and O–H groups in total. The molecule has 2 nitrogen and oxygen atoms in total. The molecule has 0 fully saturated rings. The van der Waals surface area contributed by atoms with E-state index in [1.807, 2.05) is 31.2 Å². The van der Waals surface area contributed by atoms with E-state index in [2.05, 4.69) is 5.32 Å². The molecule has 2 aromatic carbocycles. The summed E-state index contributed by atoms with van der Waals surface area (Å²) in [5.74, 6) is 0.246. The van der Waals surface area contributed by atoms with E-state index >= 15 is 0 Å². The maximum Gasteiger partial charge on any atom is 0.120 e. The van der Waals surface area contributed by atoms with Crippen LogP contribution < -0.4 is 5.32 Å². The molecule has 0 aliphatic carbocycles. The second-order valence-corrected chi connectivity index (χ2v) is 5.30. The number of rotatable bonds is 4. The van der Waals surface area contributed by atoms with Crippen LogP contribution in [0.4, 0.5) is 0 Å². The maximum atomic E-state index is 9.74. The highest BCUT2D eigenvalue weighted by Crippen LogP contribution is 2.23. The minimum Gasteiger partial charge on any atom is -0.508 e. The molecular weight excluding hydrogens is 281 g/mol. The van der Waals surface area contributed by atoms with Gasteiger partial charge in [-0.3, -0.25) is 0 Å². The predicted octanol–water partition coefficient (Wildman–Crippen LogP) is 4.55. The summed E-state index contributed by atoms with van der Waals surface area (Å²) in [5, 5.41) is 14.4. The zero-order valence-corrected chi connectivity index (χ0v) is 12.0. The molecule has 4 heteroatoms. The molecule has 0 bridgehead atoms. The molecule has 0 saturated carbocycles. The topological polar surface area (TPSA) is 32.3 Å². The third-order valence-electron chi connectivity index (χ3n) is 2.99. The quantitative estimate of drug-likeness (QED) is 0.867. The zero-order chi connectivity index (χ0) is 13.8. The lowest BCUT2D eigenvalue weighted by atomic mass is 10.1. The highest BCUT2D eigenvalue weighted by atomic mass is 35.5. The minimum absolute atomic E-state index is 0.136. The Labute approximate surface area is 123 Å². The van der Waals surface area contributed by atoms with Gasteiger partial charge in [0.25, 0.3) is 0 Å². The van der Waals surface area contributed by atoms with Gasteiger partial charge in [0.2, 0.25) is 0 Å². The van der Waals surface area contributed by atoms with Gasteiger partial charge >= 0.3 is 0 Å². The largest absolute Gasteiger partial charge is 0.508 e. The number of aromatic hydroxyl groups is 1. The first kappa shape index (κ1) is 14.2. The van der Waals surface area contributed by atoms with Gasteiger partial charge in [0, 0.05) is 28.2 Å². The van der Waals surface area contributed by atoms with Crippen molar-refractivity contribution < 1.29 is 5.11 Å². The highest BCUT2D eigenvalue weighted by Gasteiger charge is 2.07. The Bertz CT molecular complexity index is 572. The third-order valence-corrected chi connectivity index (χ3v) is 3.46.